The predicted molar refractivity (Wildman–Crippen MR) is 111 cm³/mol. The molecule has 0 atom stereocenters. The molecular formula is C21H23N3O4S. The van der Waals surface area contributed by atoms with E-state index >= 15 is 0 Å². The molecule has 0 saturated heterocycles. The Bertz CT molecular complexity index is 882. The van der Waals surface area contributed by atoms with Crippen LogP contribution in [0.5, 0.6) is 5.75 Å². The molecule has 1 saturated carbocycles. The predicted octanol–water partition coefficient (Wildman–Crippen LogP) is 2.21. The minimum Gasteiger partial charge on any atom is -0.484 e. The second-order valence-corrected chi connectivity index (χ2v) is 7.75. The van der Waals surface area contributed by atoms with Gasteiger partial charge in [-0.3, -0.25) is 25.2 Å². The molecule has 29 heavy (non-hydrogen) atoms. The first-order valence-corrected chi connectivity index (χ1v) is 10.3. The Labute approximate surface area is 173 Å². The summed E-state index contributed by atoms with van der Waals surface area (Å²) in [4.78, 5) is 36.9. The third kappa shape index (κ3) is 6.83. The smallest absolute Gasteiger partial charge is 0.276 e. The summed E-state index contributed by atoms with van der Waals surface area (Å²) < 4.78 is 5.37. The van der Waals surface area contributed by atoms with E-state index in [9.17, 15) is 14.4 Å². The largest absolute Gasteiger partial charge is 0.484 e. The fourth-order valence-corrected chi connectivity index (χ4v) is 3.29. The molecule has 152 valence electrons. The Balaban J connectivity index is 1.46. The van der Waals surface area contributed by atoms with Crippen LogP contribution in [0.1, 0.15) is 28.8 Å². The highest BCUT2D eigenvalue weighted by Crippen LogP contribution is 2.23. The number of carbonyl (C=O) groups excluding carboxylic acids is 3. The van der Waals surface area contributed by atoms with E-state index in [2.05, 4.69) is 16.2 Å². The maximum absolute atomic E-state index is 12.4. The van der Waals surface area contributed by atoms with Crippen LogP contribution < -0.4 is 20.9 Å². The van der Waals surface area contributed by atoms with Crippen LogP contribution in [0.3, 0.4) is 0 Å². The topological polar surface area (TPSA) is 96.5 Å². The molecule has 8 heteroatoms. The molecule has 0 radical (unpaired) electrons. The molecular weight excluding hydrogens is 390 g/mol. The van der Waals surface area contributed by atoms with Crippen LogP contribution in [0.4, 0.5) is 0 Å². The van der Waals surface area contributed by atoms with Gasteiger partial charge in [-0.25, -0.2) is 0 Å². The Kier molecular flexibility index (Phi) is 7.13. The van der Waals surface area contributed by atoms with Crippen molar-refractivity contribution < 1.29 is 19.1 Å². The highest BCUT2D eigenvalue weighted by molar-refractivity contribution is 8.00. The lowest BCUT2D eigenvalue weighted by atomic mass is 10.2. The van der Waals surface area contributed by atoms with Crippen molar-refractivity contribution in [3.8, 4) is 5.75 Å². The molecule has 0 unspecified atom stereocenters. The number of hydrogen-bond donors (Lipinski definition) is 3. The van der Waals surface area contributed by atoms with Crippen LogP contribution >= 0.6 is 11.8 Å². The van der Waals surface area contributed by atoms with E-state index < -0.39 is 11.8 Å². The maximum atomic E-state index is 12.4. The van der Waals surface area contributed by atoms with Crippen LogP contribution in [-0.2, 0) is 9.59 Å². The first-order chi connectivity index (χ1) is 14.0. The van der Waals surface area contributed by atoms with E-state index in [0.29, 0.717) is 22.3 Å². The minimum absolute atomic E-state index is 0.0470. The Morgan fingerprint density at radius 3 is 2.45 bits per heavy atom. The Morgan fingerprint density at radius 2 is 1.72 bits per heavy atom. The van der Waals surface area contributed by atoms with Gasteiger partial charge in [0.25, 0.3) is 11.8 Å². The normalized spacial score (nSPS) is 12.7. The molecule has 1 aliphatic carbocycles. The maximum Gasteiger partial charge on any atom is 0.276 e. The summed E-state index contributed by atoms with van der Waals surface area (Å²) in [5.41, 5.74) is 6.20. The van der Waals surface area contributed by atoms with Gasteiger partial charge >= 0.3 is 0 Å². The van der Waals surface area contributed by atoms with Crippen molar-refractivity contribution in [3.05, 3.63) is 59.7 Å². The van der Waals surface area contributed by atoms with Crippen LogP contribution in [0.25, 0.3) is 0 Å². The zero-order chi connectivity index (χ0) is 20.6. The molecule has 1 aliphatic rings. The quantitative estimate of drug-likeness (QED) is 0.455. The number of thioether (sulfide) groups is 1. The van der Waals surface area contributed by atoms with Gasteiger partial charge < -0.3 is 10.1 Å². The lowest BCUT2D eigenvalue weighted by Gasteiger charge is -2.11. The number of benzene rings is 2. The van der Waals surface area contributed by atoms with Crippen molar-refractivity contribution in [1.82, 2.24) is 16.2 Å². The van der Waals surface area contributed by atoms with Crippen LogP contribution in [-0.4, -0.2) is 36.1 Å². The summed E-state index contributed by atoms with van der Waals surface area (Å²) in [5.74, 6) is -0.179. The number of rotatable bonds is 8. The van der Waals surface area contributed by atoms with E-state index in [0.717, 1.165) is 18.4 Å². The van der Waals surface area contributed by atoms with Crippen LogP contribution in [0.2, 0.25) is 0 Å². The van der Waals surface area contributed by atoms with Gasteiger partial charge in [0.2, 0.25) is 5.91 Å². The fourth-order valence-electron chi connectivity index (χ4n) is 2.43. The zero-order valence-corrected chi connectivity index (χ0v) is 16.9. The molecule has 0 bridgehead atoms. The van der Waals surface area contributed by atoms with Crippen molar-refractivity contribution in [1.29, 1.82) is 0 Å². The first-order valence-electron chi connectivity index (χ1n) is 9.31. The summed E-state index contributed by atoms with van der Waals surface area (Å²) >= 11 is 1.29. The third-order valence-corrected chi connectivity index (χ3v) is 5.21. The highest BCUT2D eigenvalue weighted by atomic mass is 32.2. The summed E-state index contributed by atoms with van der Waals surface area (Å²) in [5, 5.41) is 2.91. The number of ether oxygens (including phenoxy) is 1. The number of aryl methyl sites for hydroxylation is 1. The standard InChI is InChI=1S/C21H23N3O4S/c1-14-6-10-16(11-7-14)28-12-19(25)23-24-21(27)17-4-2-3-5-18(17)29-13-20(26)22-15-8-9-15/h2-7,10-11,15H,8-9,12-13H2,1H3,(H,22,26)(H,23,25)(H,24,27). The van der Waals surface area contributed by atoms with Gasteiger partial charge in [0.1, 0.15) is 5.75 Å². The van der Waals surface area contributed by atoms with E-state index in [1.165, 1.54) is 11.8 Å². The second kappa shape index (κ2) is 9.97. The van der Waals surface area contributed by atoms with Crippen molar-refractivity contribution >= 4 is 29.5 Å². The lowest BCUT2D eigenvalue weighted by Crippen LogP contribution is -2.44. The van der Waals surface area contributed by atoms with E-state index in [4.69, 9.17) is 4.74 Å². The van der Waals surface area contributed by atoms with Crippen molar-refractivity contribution in [2.75, 3.05) is 12.4 Å². The molecule has 0 aromatic heterocycles. The van der Waals surface area contributed by atoms with Gasteiger partial charge in [0.15, 0.2) is 6.61 Å². The molecule has 3 amide bonds. The van der Waals surface area contributed by atoms with Crippen LogP contribution in [0, 0.1) is 6.92 Å². The lowest BCUT2D eigenvalue weighted by molar-refractivity contribution is -0.124. The molecule has 1 fully saturated rings. The van der Waals surface area contributed by atoms with Gasteiger partial charge in [-0.2, -0.15) is 0 Å². The molecule has 0 aliphatic heterocycles. The van der Waals surface area contributed by atoms with Crippen LogP contribution in [0.15, 0.2) is 53.4 Å². The number of nitrogens with one attached hydrogen (secondary N) is 3. The SMILES string of the molecule is Cc1ccc(OCC(=O)NNC(=O)c2ccccc2SCC(=O)NC2CC2)cc1. The molecule has 2 aromatic carbocycles. The molecule has 0 heterocycles. The summed E-state index contributed by atoms with van der Waals surface area (Å²) in [6.45, 7) is 1.74. The Hall–Kier alpha value is -3.00. The number of carbonyl (C=O) groups is 3. The fraction of sp³-hybridized carbons (Fsp3) is 0.286. The van der Waals surface area contributed by atoms with Gasteiger partial charge in [0.05, 0.1) is 11.3 Å². The molecule has 7 nitrogen and oxygen atoms in total. The highest BCUT2D eigenvalue weighted by Gasteiger charge is 2.23. The van der Waals surface area contributed by atoms with Crippen molar-refractivity contribution in [3.63, 3.8) is 0 Å². The first kappa shape index (κ1) is 20.7. The second-order valence-electron chi connectivity index (χ2n) is 6.73. The number of hydrazine groups is 1. The summed E-state index contributed by atoms with van der Waals surface area (Å²) in [7, 11) is 0. The molecule has 2 aromatic rings. The monoisotopic (exact) mass is 413 g/mol. The summed E-state index contributed by atoms with van der Waals surface area (Å²) in [6, 6.07) is 14.6. The van der Waals surface area contributed by atoms with E-state index in [1.807, 2.05) is 19.1 Å². The Morgan fingerprint density at radius 1 is 1.00 bits per heavy atom. The van der Waals surface area contributed by atoms with Gasteiger partial charge in [0, 0.05) is 10.9 Å². The van der Waals surface area contributed by atoms with Crippen molar-refractivity contribution in [2.45, 2.75) is 30.7 Å². The van der Waals surface area contributed by atoms with Gasteiger partial charge in [-0.1, -0.05) is 29.8 Å². The van der Waals surface area contributed by atoms with E-state index in [1.54, 1.807) is 36.4 Å². The third-order valence-electron chi connectivity index (χ3n) is 4.14. The molecule has 3 rings (SSSR count). The van der Waals surface area contributed by atoms with E-state index in [-0.39, 0.29) is 18.3 Å². The number of hydrogen-bond acceptors (Lipinski definition) is 5. The average molecular weight is 413 g/mol. The zero-order valence-electron chi connectivity index (χ0n) is 16.1. The van der Waals surface area contributed by atoms with Gasteiger partial charge in [-0.15, -0.1) is 11.8 Å². The number of amides is 3. The summed E-state index contributed by atoms with van der Waals surface area (Å²) in [6.07, 6.45) is 2.06. The molecule has 3 N–H and O–H groups in total. The van der Waals surface area contributed by atoms with Gasteiger partial charge in [-0.05, 0) is 44.0 Å². The average Bonchev–Trinajstić information content (AvgIpc) is 3.54. The van der Waals surface area contributed by atoms with Crippen molar-refractivity contribution in [2.24, 2.45) is 0 Å². The minimum atomic E-state index is -0.479. The molecule has 0 spiro atoms.